The number of pyridine rings is 1. The molecule has 2 aromatic heterocycles. The molecule has 3 radical (unpaired) electrons. The minimum Gasteiger partial charge on any atom is -0.391 e. The molecule has 2 aliphatic rings. The zero-order valence-corrected chi connectivity index (χ0v) is 21.5. The molecule has 1 fully saturated rings. The quantitative estimate of drug-likeness (QED) is 0.465. The third-order valence-electron chi connectivity index (χ3n) is 7.30. The summed E-state index contributed by atoms with van der Waals surface area (Å²) in [6.45, 7) is 5.71. The van der Waals surface area contributed by atoms with Gasteiger partial charge in [-0.3, -0.25) is 14.6 Å². The first-order chi connectivity index (χ1) is 18.2. The van der Waals surface area contributed by atoms with Crippen LogP contribution in [-0.2, 0) is 15.1 Å². The summed E-state index contributed by atoms with van der Waals surface area (Å²) in [4.78, 5) is 37.6. The third-order valence-corrected chi connectivity index (χ3v) is 7.30. The number of nitrogens with zero attached hydrogens (tertiary/aromatic N) is 4. The maximum Gasteiger partial charge on any atom is 0.257 e. The molecule has 1 aromatic carbocycles. The molecule has 2 aliphatic heterocycles. The van der Waals surface area contributed by atoms with Crippen LogP contribution in [-0.4, -0.2) is 71.4 Å². The molecule has 3 aromatic rings. The van der Waals surface area contributed by atoms with Crippen LogP contribution in [0.1, 0.15) is 44.4 Å². The summed E-state index contributed by atoms with van der Waals surface area (Å²) >= 11 is 0. The number of nitrogens with one attached hydrogen (secondary N) is 1. The lowest BCUT2D eigenvalue weighted by Crippen LogP contribution is -2.48. The number of likely N-dealkylation sites (tertiary alicyclic amines) is 1. The van der Waals surface area contributed by atoms with E-state index >= 15 is 0 Å². The molecule has 0 saturated carbocycles. The predicted molar refractivity (Wildman–Crippen MR) is 144 cm³/mol. The van der Waals surface area contributed by atoms with Crippen LogP contribution in [0, 0.1) is 5.92 Å². The summed E-state index contributed by atoms with van der Waals surface area (Å²) in [7, 11) is 6.86. The summed E-state index contributed by atoms with van der Waals surface area (Å²) in [6, 6.07) is 12.5. The molecule has 11 heteroatoms. The number of aliphatic hydroxyl groups excluding tert-OH is 1. The maximum atomic E-state index is 13.8. The van der Waals surface area contributed by atoms with Crippen LogP contribution in [0.25, 0.3) is 11.1 Å². The number of carbonyl (C=O) groups is 2. The Labute approximate surface area is 223 Å². The van der Waals surface area contributed by atoms with Gasteiger partial charge in [0.25, 0.3) is 5.91 Å². The van der Waals surface area contributed by atoms with Gasteiger partial charge < -0.3 is 19.8 Å². The Hall–Kier alpha value is -3.72. The van der Waals surface area contributed by atoms with E-state index in [0.29, 0.717) is 17.2 Å². The Kier molecular flexibility index (Phi) is 6.96. The van der Waals surface area contributed by atoms with E-state index in [9.17, 15) is 14.7 Å². The van der Waals surface area contributed by atoms with Crippen molar-refractivity contribution in [3.8, 4) is 11.1 Å². The van der Waals surface area contributed by atoms with Crippen LogP contribution in [0.4, 0.5) is 0 Å². The Balaban J connectivity index is 1.42. The molecule has 0 spiro atoms. The molecule has 0 aliphatic carbocycles. The van der Waals surface area contributed by atoms with Crippen molar-refractivity contribution in [2.45, 2.75) is 50.8 Å². The van der Waals surface area contributed by atoms with Crippen molar-refractivity contribution >= 4 is 38.2 Å². The zero-order chi connectivity index (χ0) is 27.0. The summed E-state index contributed by atoms with van der Waals surface area (Å²) < 4.78 is 5.42. The maximum absolute atomic E-state index is 13.8. The number of aliphatic hydroxyl groups is 1. The highest BCUT2D eigenvalue weighted by Gasteiger charge is 2.48. The van der Waals surface area contributed by atoms with Gasteiger partial charge in [-0.1, -0.05) is 49.3 Å². The SMILES string of the molecule is [B][B]c1cc(C(C(=O)N2C[C@H](O)CC2C2=N[C@@](C)(c3ccc(-c4cccnc4)cc3)C(=O)N2)C(C)C)on1. The molecule has 2 amide bonds. The van der Waals surface area contributed by atoms with Gasteiger partial charge in [0, 0.05) is 38.7 Å². The summed E-state index contributed by atoms with van der Waals surface area (Å²) in [5.41, 5.74) is 1.95. The van der Waals surface area contributed by atoms with E-state index in [1.165, 1.54) is 7.17 Å². The molecule has 191 valence electrons. The third kappa shape index (κ3) is 4.67. The topological polar surface area (TPSA) is 121 Å². The molecule has 4 heterocycles. The predicted octanol–water partition coefficient (Wildman–Crippen LogP) is 1.29. The fourth-order valence-corrected chi connectivity index (χ4v) is 5.19. The van der Waals surface area contributed by atoms with Gasteiger partial charge in [0.15, 0.2) is 5.54 Å². The van der Waals surface area contributed by atoms with Gasteiger partial charge in [0.1, 0.15) is 24.7 Å². The zero-order valence-electron chi connectivity index (χ0n) is 21.5. The molecular weight excluding hydrogens is 480 g/mol. The molecular formula is C27H28B2N5O4. The first-order valence-electron chi connectivity index (χ1n) is 12.6. The number of amidine groups is 1. The molecule has 2 N–H and O–H groups in total. The standard InChI is InChI=1S/C27H28B2N5O4/c1-15(2)23(21-12-22(29-28)33-38-21)25(36)34-14-19(35)11-20(34)24-31-26(37)27(3,32-24)18-8-6-16(7-9-18)17-5-4-10-30-13-17/h4-10,12-13,15,19-20,23,35H,11,14H2,1-3H3,(H,31,32,37)/t19-,20?,23?,27+/m1/s1. The molecule has 4 atom stereocenters. The van der Waals surface area contributed by atoms with Crippen molar-refractivity contribution in [2.75, 3.05) is 6.54 Å². The Morgan fingerprint density at radius 3 is 2.66 bits per heavy atom. The summed E-state index contributed by atoms with van der Waals surface area (Å²) in [5.74, 6) is -0.481. The summed E-state index contributed by atoms with van der Waals surface area (Å²) in [5, 5.41) is 17.3. The van der Waals surface area contributed by atoms with E-state index in [1.807, 2.05) is 50.2 Å². The highest BCUT2D eigenvalue weighted by atomic mass is 16.5. The number of carbonyl (C=O) groups excluding carboxylic acids is 2. The highest BCUT2D eigenvalue weighted by molar-refractivity contribution is 6.97. The van der Waals surface area contributed by atoms with Crippen molar-refractivity contribution in [1.82, 2.24) is 20.4 Å². The van der Waals surface area contributed by atoms with Gasteiger partial charge in [0.05, 0.1) is 12.1 Å². The number of hydrogen-bond donors (Lipinski definition) is 2. The van der Waals surface area contributed by atoms with E-state index < -0.39 is 23.6 Å². The Morgan fingerprint density at radius 1 is 1.26 bits per heavy atom. The van der Waals surface area contributed by atoms with E-state index in [0.717, 1.165) is 16.7 Å². The van der Waals surface area contributed by atoms with Crippen LogP contribution in [0.15, 0.2) is 64.4 Å². The second kappa shape index (κ2) is 10.2. The van der Waals surface area contributed by atoms with E-state index in [2.05, 4.69) is 15.5 Å². The lowest BCUT2D eigenvalue weighted by molar-refractivity contribution is -0.134. The van der Waals surface area contributed by atoms with Crippen molar-refractivity contribution in [3.05, 3.63) is 66.2 Å². The number of amides is 2. The fourth-order valence-electron chi connectivity index (χ4n) is 5.19. The number of rotatable bonds is 7. The molecule has 0 bridgehead atoms. The smallest absolute Gasteiger partial charge is 0.257 e. The normalized spacial score (nSPS) is 23.9. The van der Waals surface area contributed by atoms with Crippen LogP contribution >= 0.6 is 0 Å². The first kappa shape index (κ1) is 25.9. The minimum absolute atomic E-state index is 0.108. The van der Waals surface area contributed by atoms with Crippen LogP contribution in [0.3, 0.4) is 0 Å². The average molecular weight is 508 g/mol. The fraction of sp³-hybridized carbons (Fsp3) is 0.370. The lowest BCUT2D eigenvalue weighted by atomic mass is 9.53. The van der Waals surface area contributed by atoms with Crippen LogP contribution in [0.5, 0.6) is 0 Å². The molecule has 9 nitrogen and oxygen atoms in total. The molecule has 38 heavy (non-hydrogen) atoms. The minimum atomic E-state index is -1.17. The number of aromatic nitrogens is 2. The molecule has 1 saturated heterocycles. The number of aliphatic imine (C=N–C) groups is 1. The van der Waals surface area contributed by atoms with E-state index in [-0.39, 0.29) is 30.7 Å². The van der Waals surface area contributed by atoms with Gasteiger partial charge in [0.2, 0.25) is 5.91 Å². The van der Waals surface area contributed by atoms with Crippen molar-refractivity contribution < 1.29 is 19.2 Å². The lowest BCUT2D eigenvalue weighted by Gasteiger charge is -2.29. The van der Waals surface area contributed by atoms with E-state index in [4.69, 9.17) is 17.3 Å². The Morgan fingerprint density at radius 2 is 2.03 bits per heavy atom. The van der Waals surface area contributed by atoms with E-state index in [1.54, 1.807) is 30.3 Å². The molecule has 2 unspecified atom stereocenters. The van der Waals surface area contributed by atoms with Gasteiger partial charge in [-0.2, -0.15) is 0 Å². The number of benzene rings is 1. The average Bonchev–Trinajstić information content (AvgIpc) is 3.62. The second-order valence-electron chi connectivity index (χ2n) is 10.3. The van der Waals surface area contributed by atoms with Crippen molar-refractivity contribution in [2.24, 2.45) is 10.9 Å². The number of β-amino-alcohol motifs (C(OH)–C–C–N with tert-alkyl or cyclic N) is 1. The van der Waals surface area contributed by atoms with Crippen molar-refractivity contribution in [3.63, 3.8) is 0 Å². The second-order valence-corrected chi connectivity index (χ2v) is 10.3. The van der Waals surface area contributed by atoms with Crippen LogP contribution in [0.2, 0.25) is 0 Å². The largest absolute Gasteiger partial charge is 0.391 e. The van der Waals surface area contributed by atoms with Gasteiger partial charge in [-0.05, 0) is 41.7 Å². The van der Waals surface area contributed by atoms with Gasteiger partial charge >= 0.3 is 0 Å². The molecule has 5 rings (SSSR count). The van der Waals surface area contributed by atoms with Crippen molar-refractivity contribution in [1.29, 1.82) is 0 Å². The monoisotopic (exact) mass is 508 g/mol. The van der Waals surface area contributed by atoms with Gasteiger partial charge in [-0.15, -0.1) is 0 Å². The first-order valence-corrected chi connectivity index (χ1v) is 12.6. The Bertz CT molecular complexity index is 1360. The summed E-state index contributed by atoms with van der Waals surface area (Å²) in [6.07, 6.45) is 3.02. The highest BCUT2D eigenvalue weighted by Crippen LogP contribution is 2.35. The number of hydrogen-bond acceptors (Lipinski definition) is 7. The van der Waals surface area contributed by atoms with Gasteiger partial charge in [-0.25, -0.2) is 4.99 Å². The van der Waals surface area contributed by atoms with Crippen LogP contribution < -0.4 is 10.9 Å².